The second-order valence-corrected chi connectivity index (χ2v) is 4.05. The van der Waals surface area contributed by atoms with Gasteiger partial charge in [-0.15, -0.1) is 0 Å². The van der Waals surface area contributed by atoms with Crippen molar-refractivity contribution in [2.45, 2.75) is 19.4 Å². The van der Waals surface area contributed by atoms with E-state index >= 15 is 0 Å². The molecule has 0 fully saturated rings. The first kappa shape index (κ1) is 12.5. The van der Waals surface area contributed by atoms with Crippen molar-refractivity contribution in [3.8, 4) is 0 Å². The standard InChI is InChI=1S/C8H10FN4O2Si/c1-8(2,6(14)15)13(10)5-4(9)3-11-7(16)12-5/h3H,10H2,1-2H3,(H,14,15). The summed E-state index contributed by atoms with van der Waals surface area (Å²) >= 11 is 0. The topological polar surface area (TPSA) is 92.3 Å². The fraction of sp³-hybridized carbons (Fsp3) is 0.375. The molecule has 8 heteroatoms. The van der Waals surface area contributed by atoms with Crippen LogP contribution in [-0.4, -0.2) is 36.8 Å². The first-order valence-electron chi connectivity index (χ1n) is 4.29. The highest BCUT2D eigenvalue weighted by atomic mass is 28.1. The van der Waals surface area contributed by atoms with Crippen molar-refractivity contribution in [1.82, 2.24) is 9.97 Å². The van der Waals surface area contributed by atoms with Gasteiger partial charge in [0, 0.05) is 0 Å². The van der Waals surface area contributed by atoms with E-state index in [2.05, 4.69) is 20.2 Å². The number of hydrogen-bond acceptors (Lipinski definition) is 5. The van der Waals surface area contributed by atoms with Crippen LogP contribution < -0.4 is 16.3 Å². The normalized spacial score (nSPS) is 11.3. The van der Waals surface area contributed by atoms with Crippen molar-refractivity contribution in [2.24, 2.45) is 5.84 Å². The second kappa shape index (κ2) is 4.14. The molecule has 1 aromatic heterocycles. The zero-order valence-electron chi connectivity index (χ0n) is 8.73. The van der Waals surface area contributed by atoms with Gasteiger partial charge in [0.05, 0.1) is 6.20 Å². The van der Waals surface area contributed by atoms with Crippen molar-refractivity contribution in [3.05, 3.63) is 12.0 Å². The van der Waals surface area contributed by atoms with Crippen molar-refractivity contribution in [3.63, 3.8) is 0 Å². The molecule has 0 aliphatic carbocycles. The molecule has 6 nitrogen and oxygen atoms in total. The maximum Gasteiger partial charge on any atom is 0.330 e. The molecule has 0 aliphatic heterocycles. The molecule has 1 aromatic rings. The summed E-state index contributed by atoms with van der Waals surface area (Å²) in [5, 5.41) is 9.68. The molecule has 0 amide bonds. The number of nitrogens with two attached hydrogens (primary N) is 1. The van der Waals surface area contributed by atoms with Gasteiger partial charge < -0.3 is 5.11 Å². The maximum atomic E-state index is 13.4. The number of rotatable bonds is 3. The Morgan fingerprint density at radius 3 is 2.75 bits per heavy atom. The molecular weight excluding hydrogens is 231 g/mol. The molecule has 0 spiro atoms. The predicted octanol–water partition coefficient (Wildman–Crippen LogP) is -1.05. The van der Waals surface area contributed by atoms with E-state index in [0.29, 0.717) is 0 Å². The Labute approximate surface area is 94.7 Å². The van der Waals surface area contributed by atoms with E-state index in [1.165, 1.54) is 13.8 Å². The van der Waals surface area contributed by atoms with Gasteiger partial charge in [-0.1, -0.05) is 0 Å². The Hall–Kier alpha value is -1.54. The van der Waals surface area contributed by atoms with Gasteiger partial charge >= 0.3 is 5.97 Å². The van der Waals surface area contributed by atoms with Crippen LogP contribution in [0.15, 0.2) is 6.20 Å². The lowest BCUT2D eigenvalue weighted by Crippen LogP contribution is -2.55. The van der Waals surface area contributed by atoms with E-state index < -0.39 is 17.3 Å². The monoisotopic (exact) mass is 241 g/mol. The average molecular weight is 241 g/mol. The van der Waals surface area contributed by atoms with Crippen molar-refractivity contribution in [2.75, 3.05) is 5.01 Å². The van der Waals surface area contributed by atoms with Crippen LogP contribution in [0.2, 0.25) is 0 Å². The highest BCUT2D eigenvalue weighted by molar-refractivity contribution is 6.29. The lowest BCUT2D eigenvalue weighted by Gasteiger charge is -2.31. The van der Waals surface area contributed by atoms with E-state index in [9.17, 15) is 9.18 Å². The van der Waals surface area contributed by atoms with Crippen LogP contribution in [0.5, 0.6) is 0 Å². The molecule has 16 heavy (non-hydrogen) atoms. The molecule has 3 N–H and O–H groups in total. The Bertz CT molecular complexity index is 426. The Morgan fingerprint density at radius 2 is 2.25 bits per heavy atom. The molecule has 0 bridgehead atoms. The Kier molecular flexibility index (Phi) is 3.24. The van der Waals surface area contributed by atoms with Crippen molar-refractivity contribution >= 4 is 27.5 Å². The summed E-state index contributed by atoms with van der Waals surface area (Å²) in [6, 6.07) is 0. The van der Waals surface area contributed by atoms with E-state index in [-0.39, 0.29) is 11.3 Å². The SMILES string of the molecule is CC(C)(C(=O)O)N(N)c1nc([Si])ncc1F. The number of halogens is 1. The predicted molar refractivity (Wildman–Crippen MR) is 55.8 cm³/mol. The summed E-state index contributed by atoms with van der Waals surface area (Å²) in [7, 11) is 3.00. The van der Waals surface area contributed by atoms with Crippen LogP contribution in [0.25, 0.3) is 0 Å². The number of carboxylic acids is 1. The zero-order chi connectivity index (χ0) is 12.5. The van der Waals surface area contributed by atoms with Crippen molar-refractivity contribution < 1.29 is 14.3 Å². The molecular formula is C8H10FN4O2Si. The average Bonchev–Trinajstić information content (AvgIpc) is 2.20. The van der Waals surface area contributed by atoms with Crippen LogP contribution in [0.3, 0.4) is 0 Å². The van der Waals surface area contributed by atoms with E-state index in [1.807, 2.05) is 0 Å². The lowest BCUT2D eigenvalue weighted by atomic mass is 10.1. The van der Waals surface area contributed by atoms with Gasteiger partial charge in [-0.2, -0.15) is 0 Å². The van der Waals surface area contributed by atoms with E-state index in [1.54, 1.807) is 0 Å². The smallest absolute Gasteiger partial charge is 0.330 e. The number of anilines is 1. The van der Waals surface area contributed by atoms with Crippen molar-refractivity contribution in [1.29, 1.82) is 0 Å². The number of carbonyl (C=O) groups is 1. The number of carboxylic acid groups (broad SMARTS) is 1. The van der Waals surface area contributed by atoms with Gasteiger partial charge in [0.15, 0.2) is 11.6 Å². The molecule has 0 saturated heterocycles. The minimum atomic E-state index is -1.48. The van der Waals surface area contributed by atoms with Crippen LogP contribution >= 0.6 is 0 Å². The fourth-order valence-electron chi connectivity index (χ4n) is 0.895. The van der Waals surface area contributed by atoms with E-state index in [4.69, 9.17) is 10.9 Å². The van der Waals surface area contributed by atoms with Crippen LogP contribution in [-0.2, 0) is 4.79 Å². The summed E-state index contributed by atoms with van der Waals surface area (Å²) in [4.78, 5) is 18.2. The van der Waals surface area contributed by atoms with Gasteiger partial charge in [-0.05, 0) is 13.8 Å². The molecule has 0 saturated carbocycles. The summed E-state index contributed by atoms with van der Waals surface area (Å²) in [5.74, 6) is 3.28. The summed E-state index contributed by atoms with van der Waals surface area (Å²) in [5.41, 5.74) is -1.36. The van der Waals surface area contributed by atoms with Gasteiger partial charge in [0.1, 0.15) is 21.2 Å². The Balaban J connectivity index is 3.19. The maximum absolute atomic E-state index is 13.4. The third kappa shape index (κ3) is 2.17. The number of aromatic nitrogens is 2. The first-order valence-corrected chi connectivity index (χ1v) is 4.79. The molecule has 0 aliphatic rings. The van der Waals surface area contributed by atoms with Gasteiger partial charge in [0.2, 0.25) is 0 Å². The molecule has 85 valence electrons. The van der Waals surface area contributed by atoms with Crippen LogP contribution in [0.1, 0.15) is 13.8 Å². The molecule has 1 rings (SSSR count). The third-order valence-electron chi connectivity index (χ3n) is 2.08. The van der Waals surface area contributed by atoms with Gasteiger partial charge in [0.25, 0.3) is 0 Å². The summed E-state index contributed by atoms with van der Waals surface area (Å²) in [6.07, 6.45) is 0.905. The molecule has 3 radical (unpaired) electrons. The molecule has 0 atom stereocenters. The van der Waals surface area contributed by atoms with Crippen LogP contribution in [0.4, 0.5) is 10.2 Å². The number of aliphatic carboxylic acids is 1. The fourth-order valence-corrected chi connectivity index (χ4v) is 1.07. The minimum absolute atomic E-state index is 0.119. The van der Waals surface area contributed by atoms with Gasteiger partial charge in [-0.25, -0.2) is 25.0 Å². The molecule has 1 heterocycles. The number of hydrazine groups is 1. The zero-order valence-corrected chi connectivity index (χ0v) is 9.73. The minimum Gasteiger partial charge on any atom is -0.479 e. The number of nitrogens with zero attached hydrogens (tertiary/aromatic N) is 3. The number of hydrogen-bond donors (Lipinski definition) is 2. The van der Waals surface area contributed by atoms with E-state index in [0.717, 1.165) is 11.2 Å². The third-order valence-corrected chi connectivity index (χ3v) is 2.32. The lowest BCUT2D eigenvalue weighted by molar-refractivity contribution is -0.142. The highest BCUT2D eigenvalue weighted by Crippen LogP contribution is 2.19. The van der Waals surface area contributed by atoms with Gasteiger partial charge in [-0.3, -0.25) is 5.01 Å². The summed E-state index contributed by atoms with van der Waals surface area (Å²) < 4.78 is 13.4. The molecule has 0 aromatic carbocycles. The van der Waals surface area contributed by atoms with Crippen LogP contribution in [0, 0.1) is 5.82 Å². The second-order valence-electron chi connectivity index (χ2n) is 3.60. The summed E-state index contributed by atoms with van der Waals surface area (Å²) in [6.45, 7) is 2.68. The quantitative estimate of drug-likeness (QED) is 0.398. The first-order chi connectivity index (χ1) is 7.26. The molecule has 0 unspecified atom stereocenters. The highest BCUT2D eigenvalue weighted by Gasteiger charge is 2.35. The Morgan fingerprint density at radius 1 is 1.69 bits per heavy atom. The largest absolute Gasteiger partial charge is 0.479 e.